The fourth-order valence-electron chi connectivity index (χ4n) is 5.37. The van der Waals surface area contributed by atoms with Gasteiger partial charge in [-0.05, 0) is 80.8 Å². The monoisotopic (exact) mass is 559 g/mol. The van der Waals surface area contributed by atoms with Crippen LogP contribution < -0.4 is 5.32 Å². The third-order valence-corrected chi connectivity index (χ3v) is 8.44. The lowest BCUT2D eigenvalue weighted by Gasteiger charge is -2.35. The lowest BCUT2D eigenvalue weighted by atomic mass is 9.97. The Morgan fingerprint density at radius 2 is 1.87 bits per heavy atom. The highest BCUT2D eigenvalue weighted by Gasteiger charge is 2.52. The second kappa shape index (κ2) is 12.3. The van der Waals surface area contributed by atoms with Crippen molar-refractivity contribution in [2.24, 2.45) is 5.92 Å². The van der Waals surface area contributed by atoms with E-state index in [2.05, 4.69) is 11.4 Å². The summed E-state index contributed by atoms with van der Waals surface area (Å²) in [5, 5.41) is 12.5. The average Bonchev–Trinajstić information content (AvgIpc) is 3.50. The van der Waals surface area contributed by atoms with Crippen LogP contribution in [0.2, 0.25) is 0 Å². The molecule has 4 rings (SSSR count). The van der Waals surface area contributed by atoms with Crippen LogP contribution >= 0.6 is 0 Å². The van der Waals surface area contributed by atoms with Gasteiger partial charge in [-0.2, -0.15) is 5.26 Å². The number of hydrogen-bond acceptors (Lipinski definition) is 5. The van der Waals surface area contributed by atoms with Gasteiger partial charge in [0, 0.05) is 24.5 Å². The van der Waals surface area contributed by atoms with Gasteiger partial charge in [-0.1, -0.05) is 31.2 Å². The highest BCUT2D eigenvalue weighted by Crippen LogP contribution is 2.43. The summed E-state index contributed by atoms with van der Waals surface area (Å²) in [5.41, 5.74) is 1.07. The highest BCUT2D eigenvalue weighted by molar-refractivity contribution is 7.85. The molecular weight excluding hydrogens is 521 g/mol. The number of carbonyl (C=O) groups is 2. The number of fused-ring (bicyclic) bond motifs is 2. The zero-order valence-electron chi connectivity index (χ0n) is 22.7. The number of nitriles is 1. The molecule has 1 aliphatic heterocycles. The predicted octanol–water partition coefficient (Wildman–Crippen LogP) is 4.38. The van der Waals surface area contributed by atoms with Crippen molar-refractivity contribution in [3.05, 3.63) is 53.8 Å². The fraction of sp³-hybridized carbons (Fsp3) is 0.483. The molecule has 3 unspecified atom stereocenters. The number of nitrogens with one attached hydrogen (secondary N) is 1. The first kappa shape index (κ1) is 30.3. The minimum atomic E-state index is -1.06. The molecule has 1 saturated carbocycles. The van der Waals surface area contributed by atoms with E-state index in [0.717, 1.165) is 29.7 Å². The van der Waals surface area contributed by atoms with Crippen molar-refractivity contribution in [1.82, 2.24) is 10.2 Å². The second-order valence-corrected chi connectivity index (χ2v) is 12.7. The van der Waals surface area contributed by atoms with Gasteiger partial charge in [0.1, 0.15) is 23.5 Å². The van der Waals surface area contributed by atoms with Crippen molar-refractivity contribution in [2.75, 3.05) is 5.75 Å². The number of halogens is 1. The number of likely N-dealkylation sites (tertiary alicyclic amines) is 1. The third kappa shape index (κ3) is 6.84. The van der Waals surface area contributed by atoms with Crippen molar-refractivity contribution in [2.45, 2.75) is 82.0 Å². The van der Waals surface area contributed by atoms with Crippen LogP contribution in [0, 0.1) is 23.1 Å². The molecule has 2 aliphatic rings. The molecule has 2 fully saturated rings. The first-order valence-electron chi connectivity index (χ1n) is 13.0. The lowest BCUT2D eigenvalue weighted by Crippen LogP contribution is -2.55. The lowest BCUT2D eigenvalue weighted by molar-refractivity contribution is -0.128. The molecule has 5 atom stereocenters. The van der Waals surface area contributed by atoms with Gasteiger partial charge in [-0.25, -0.2) is 9.18 Å². The number of benzene rings is 2. The summed E-state index contributed by atoms with van der Waals surface area (Å²) in [6.45, 7) is 7.19. The Labute approximate surface area is 232 Å². The molecule has 2 bridgehead atoms. The van der Waals surface area contributed by atoms with E-state index in [1.165, 1.54) is 11.0 Å². The Balaban J connectivity index is 0.00000280. The smallest absolute Gasteiger partial charge is 0.411 e. The molecule has 0 spiro atoms. The van der Waals surface area contributed by atoms with Gasteiger partial charge in [-0.3, -0.25) is 13.9 Å². The van der Waals surface area contributed by atoms with Crippen molar-refractivity contribution < 1.29 is 29.8 Å². The van der Waals surface area contributed by atoms with E-state index in [1.807, 2.05) is 6.92 Å². The molecule has 8 nitrogen and oxygen atoms in total. The topological polar surface area (TPSA) is 131 Å². The van der Waals surface area contributed by atoms with Crippen molar-refractivity contribution in [3.8, 4) is 17.2 Å². The summed E-state index contributed by atoms with van der Waals surface area (Å²) in [5.74, 6) is -0.339. The Hall–Kier alpha value is -3.29. The molecule has 2 aromatic carbocycles. The zero-order chi connectivity index (χ0) is 27.6. The second-order valence-electron chi connectivity index (χ2n) is 10.9. The number of amides is 2. The van der Waals surface area contributed by atoms with Crippen molar-refractivity contribution >= 4 is 22.8 Å². The van der Waals surface area contributed by atoms with Gasteiger partial charge in [0.2, 0.25) is 5.91 Å². The molecule has 1 saturated heterocycles. The maximum atomic E-state index is 15.0. The van der Waals surface area contributed by atoms with Crippen LogP contribution in [-0.2, 0) is 26.8 Å². The normalized spacial score (nSPS) is 21.4. The zero-order valence-corrected chi connectivity index (χ0v) is 23.5. The van der Waals surface area contributed by atoms with Crippen molar-refractivity contribution in [1.29, 1.82) is 5.26 Å². The number of piperidine rings is 1. The van der Waals surface area contributed by atoms with Gasteiger partial charge in [-0.15, -0.1) is 0 Å². The molecule has 0 radical (unpaired) electrons. The minimum absolute atomic E-state index is 0. The van der Waals surface area contributed by atoms with E-state index in [0.29, 0.717) is 16.9 Å². The maximum Gasteiger partial charge on any atom is 0.411 e. The molecule has 39 heavy (non-hydrogen) atoms. The summed E-state index contributed by atoms with van der Waals surface area (Å²) >= 11 is 0. The van der Waals surface area contributed by atoms with Gasteiger partial charge in [0.25, 0.3) is 0 Å². The number of nitrogens with zero attached hydrogens (tertiary/aromatic N) is 2. The predicted molar refractivity (Wildman–Crippen MR) is 149 cm³/mol. The van der Waals surface area contributed by atoms with Crippen molar-refractivity contribution in [3.63, 3.8) is 0 Å². The van der Waals surface area contributed by atoms with Crippen LogP contribution in [-0.4, -0.2) is 56.1 Å². The van der Waals surface area contributed by atoms with Crippen LogP contribution in [0.5, 0.6) is 0 Å². The van der Waals surface area contributed by atoms with E-state index in [1.54, 1.807) is 57.2 Å². The standard InChI is InChI=1S/C29H34FN3O4S.H2O.H2/c1-5-38(36)24-12-9-18(10-13-24)19-6-7-20(25(30)16-19)14-22(17-31)32-27(34)26-21-8-11-23(15-21)33(26)28(35)37-29(2,3)4;;/h6-7,9-10,12-13,16,21-23,26H,5,8,11,14-15H2,1-4H3,(H,32,34);1H2;1H/t21?,22?,23-,26+,38?;;/m1../s1. The van der Waals surface area contributed by atoms with Gasteiger partial charge >= 0.3 is 6.09 Å². The van der Waals surface area contributed by atoms with E-state index in [4.69, 9.17) is 4.74 Å². The third-order valence-electron chi connectivity index (χ3n) is 7.12. The number of ether oxygens (including phenoxy) is 1. The molecular formula is C29H38FN3O5S. The highest BCUT2D eigenvalue weighted by atomic mass is 32.2. The number of rotatable bonds is 7. The SMILES string of the molecule is CCS(=O)c1ccc(-c2ccc(CC(C#N)NC(=O)[C@@H]3C4CC[C@H](C4)N3C(=O)OC(C)(C)C)c(F)c2)cc1.O.[HH]. The van der Waals surface area contributed by atoms with Crippen LogP contribution in [0.25, 0.3) is 11.1 Å². The molecule has 2 amide bonds. The Kier molecular flexibility index (Phi) is 9.51. The Morgan fingerprint density at radius 1 is 1.21 bits per heavy atom. The Bertz CT molecular complexity index is 1280. The van der Waals surface area contributed by atoms with E-state index >= 15 is 4.39 Å². The van der Waals surface area contributed by atoms with Crippen LogP contribution in [0.1, 0.15) is 53.9 Å². The Morgan fingerprint density at radius 3 is 2.46 bits per heavy atom. The van der Waals surface area contributed by atoms with Crippen LogP contribution in [0.4, 0.5) is 9.18 Å². The van der Waals surface area contributed by atoms with E-state index < -0.39 is 46.3 Å². The fourth-order valence-corrected chi connectivity index (χ4v) is 6.14. The minimum Gasteiger partial charge on any atom is -0.444 e. The summed E-state index contributed by atoms with van der Waals surface area (Å²) in [6.07, 6.45) is 1.88. The summed E-state index contributed by atoms with van der Waals surface area (Å²) < 4.78 is 32.6. The summed E-state index contributed by atoms with van der Waals surface area (Å²) in [7, 11) is -1.06. The van der Waals surface area contributed by atoms with Gasteiger partial charge in [0.15, 0.2) is 0 Å². The largest absolute Gasteiger partial charge is 0.444 e. The summed E-state index contributed by atoms with van der Waals surface area (Å²) in [6, 6.07) is 12.3. The number of hydrogen-bond donors (Lipinski definition) is 1. The molecule has 3 N–H and O–H groups in total. The van der Waals surface area contributed by atoms with Gasteiger partial charge in [0.05, 0.1) is 16.9 Å². The molecule has 1 aliphatic carbocycles. The molecule has 1 heterocycles. The molecule has 10 heteroatoms. The first-order chi connectivity index (χ1) is 18.0. The molecule has 2 aromatic rings. The first-order valence-corrected chi connectivity index (χ1v) is 14.3. The van der Waals surface area contributed by atoms with Crippen LogP contribution in [0.3, 0.4) is 0 Å². The number of carbonyl (C=O) groups excluding carboxylic acids is 2. The van der Waals surface area contributed by atoms with Crippen LogP contribution in [0.15, 0.2) is 47.4 Å². The maximum absolute atomic E-state index is 15.0. The van der Waals surface area contributed by atoms with E-state index in [9.17, 15) is 19.1 Å². The quantitative estimate of drug-likeness (QED) is 0.538. The van der Waals surface area contributed by atoms with E-state index in [-0.39, 0.29) is 25.3 Å². The summed E-state index contributed by atoms with van der Waals surface area (Å²) in [4.78, 5) is 28.4. The molecule has 212 valence electrons. The molecule has 0 aromatic heterocycles. The average molecular weight is 560 g/mol. The van der Waals surface area contributed by atoms with Gasteiger partial charge < -0.3 is 15.5 Å².